The van der Waals surface area contributed by atoms with Crippen LogP contribution in [0.1, 0.15) is 6.92 Å². The van der Waals surface area contributed by atoms with Gasteiger partial charge in [0, 0.05) is 5.69 Å². The van der Waals surface area contributed by atoms with Crippen molar-refractivity contribution in [2.45, 2.75) is 19.3 Å². The van der Waals surface area contributed by atoms with Crippen LogP contribution in [0.3, 0.4) is 0 Å². The van der Waals surface area contributed by atoms with Gasteiger partial charge in [-0.1, -0.05) is 0 Å². The van der Waals surface area contributed by atoms with Gasteiger partial charge in [-0.2, -0.15) is 0 Å². The Balaban J connectivity index is 2.17. The van der Waals surface area contributed by atoms with Crippen LogP contribution in [-0.4, -0.2) is 30.8 Å². The van der Waals surface area contributed by atoms with Crippen molar-refractivity contribution in [3.63, 3.8) is 0 Å². The summed E-state index contributed by atoms with van der Waals surface area (Å²) in [5, 5.41) is 2.47. The van der Waals surface area contributed by atoms with E-state index >= 15 is 0 Å². The quantitative estimate of drug-likeness (QED) is 0.895. The lowest BCUT2D eigenvalue weighted by Crippen LogP contribution is -2.57. The van der Waals surface area contributed by atoms with Crippen LogP contribution in [0.2, 0.25) is 0 Å². The maximum atomic E-state index is 12.0. The van der Waals surface area contributed by atoms with E-state index in [0.717, 1.165) is 12.1 Å². The number of halogens is 3. The zero-order chi connectivity index (χ0) is 14.9. The number of anilines is 1. The van der Waals surface area contributed by atoms with Gasteiger partial charge in [-0.05, 0) is 31.2 Å². The molecule has 1 heterocycles. The highest BCUT2D eigenvalue weighted by molar-refractivity contribution is 6.06. The summed E-state index contributed by atoms with van der Waals surface area (Å²) >= 11 is 0. The number of hydrogen-bond acceptors (Lipinski definition) is 3. The first-order chi connectivity index (χ1) is 9.26. The van der Waals surface area contributed by atoms with Crippen LogP contribution in [0.4, 0.5) is 18.9 Å². The standard InChI is InChI=1S/C12H11F3N2O3/c1-7-11(19)17(6-10(18)16-7)8-2-4-9(5-3-8)20-12(13,14)15/h2-5,7H,6H2,1H3,(H,16,18). The number of nitrogens with zero attached hydrogens (tertiary/aromatic N) is 1. The second kappa shape index (κ2) is 5.03. The molecule has 0 bridgehead atoms. The summed E-state index contributed by atoms with van der Waals surface area (Å²) in [6.07, 6.45) is -4.77. The molecule has 20 heavy (non-hydrogen) atoms. The third kappa shape index (κ3) is 3.19. The Kier molecular flexibility index (Phi) is 3.56. The average Bonchev–Trinajstić information content (AvgIpc) is 2.33. The van der Waals surface area contributed by atoms with E-state index in [-0.39, 0.29) is 24.1 Å². The van der Waals surface area contributed by atoms with Crippen molar-refractivity contribution in [2.75, 3.05) is 11.4 Å². The molecule has 2 amide bonds. The number of rotatable bonds is 2. The normalized spacial score (nSPS) is 19.8. The van der Waals surface area contributed by atoms with E-state index in [0.29, 0.717) is 5.69 Å². The van der Waals surface area contributed by atoms with Gasteiger partial charge in [0.2, 0.25) is 11.8 Å². The van der Waals surface area contributed by atoms with Crippen molar-refractivity contribution in [1.29, 1.82) is 0 Å². The molecule has 0 spiro atoms. The van der Waals surface area contributed by atoms with E-state index in [1.165, 1.54) is 24.0 Å². The summed E-state index contributed by atoms with van der Waals surface area (Å²) < 4.78 is 39.8. The number of carbonyl (C=O) groups excluding carboxylic acids is 2. The molecule has 1 aromatic rings. The van der Waals surface area contributed by atoms with Crippen molar-refractivity contribution >= 4 is 17.5 Å². The largest absolute Gasteiger partial charge is 0.573 e. The van der Waals surface area contributed by atoms with Crippen LogP contribution in [0.25, 0.3) is 0 Å². The fraction of sp³-hybridized carbons (Fsp3) is 0.333. The fourth-order valence-corrected chi connectivity index (χ4v) is 1.85. The van der Waals surface area contributed by atoms with Gasteiger partial charge in [-0.3, -0.25) is 9.59 Å². The number of nitrogens with one attached hydrogen (secondary N) is 1. The molecule has 1 aliphatic heterocycles. The third-order valence-electron chi connectivity index (χ3n) is 2.70. The van der Waals surface area contributed by atoms with Crippen molar-refractivity contribution in [3.05, 3.63) is 24.3 Å². The molecule has 0 radical (unpaired) electrons. The van der Waals surface area contributed by atoms with E-state index in [9.17, 15) is 22.8 Å². The van der Waals surface area contributed by atoms with Gasteiger partial charge in [0.25, 0.3) is 0 Å². The molecule has 1 atom stereocenters. The molecule has 0 saturated carbocycles. The molecule has 1 fully saturated rings. The lowest BCUT2D eigenvalue weighted by Gasteiger charge is -2.30. The smallest absolute Gasteiger partial charge is 0.406 e. The Hall–Kier alpha value is -2.25. The van der Waals surface area contributed by atoms with Crippen molar-refractivity contribution in [3.8, 4) is 5.75 Å². The van der Waals surface area contributed by atoms with Gasteiger partial charge in [0.05, 0.1) is 0 Å². The minimum Gasteiger partial charge on any atom is -0.406 e. The van der Waals surface area contributed by atoms with Gasteiger partial charge in [0.15, 0.2) is 0 Å². The summed E-state index contributed by atoms with van der Waals surface area (Å²) in [5.74, 6) is -1.04. The second-order valence-corrected chi connectivity index (χ2v) is 4.26. The number of amides is 2. The number of piperazine rings is 1. The Bertz CT molecular complexity index is 528. The van der Waals surface area contributed by atoms with Crippen molar-refractivity contribution in [1.82, 2.24) is 5.32 Å². The molecular formula is C12H11F3N2O3. The maximum Gasteiger partial charge on any atom is 0.573 e. The Morgan fingerprint density at radius 2 is 1.85 bits per heavy atom. The Labute approximate surface area is 112 Å². The van der Waals surface area contributed by atoms with Crippen LogP contribution < -0.4 is 15.0 Å². The van der Waals surface area contributed by atoms with Gasteiger partial charge >= 0.3 is 6.36 Å². The van der Waals surface area contributed by atoms with Crippen LogP contribution >= 0.6 is 0 Å². The van der Waals surface area contributed by atoms with E-state index in [4.69, 9.17) is 0 Å². The van der Waals surface area contributed by atoms with Crippen LogP contribution in [0.5, 0.6) is 5.75 Å². The molecular weight excluding hydrogens is 277 g/mol. The first kappa shape index (κ1) is 14.2. The van der Waals surface area contributed by atoms with Gasteiger partial charge in [-0.25, -0.2) is 0 Å². The fourth-order valence-electron chi connectivity index (χ4n) is 1.85. The van der Waals surface area contributed by atoms with Crippen molar-refractivity contribution < 1.29 is 27.5 Å². The second-order valence-electron chi connectivity index (χ2n) is 4.26. The molecule has 1 N–H and O–H groups in total. The summed E-state index contributed by atoms with van der Waals surface area (Å²) in [6.45, 7) is 1.37. The predicted molar refractivity (Wildman–Crippen MR) is 63.1 cm³/mol. The maximum absolute atomic E-state index is 12.0. The predicted octanol–water partition coefficient (Wildman–Crippen LogP) is 1.44. The molecule has 1 unspecified atom stereocenters. The van der Waals surface area contributed by atoms with Crippen molar-refractivity contribution in [2.24, 2.45) is 0 Å². The van der Waals surface area contributed by atoms with E-state index in [1.54, 1.807) is 0 Å². The molecule has 1 aromatic carbocycles. The molecule has 0 aromatic heterocycles. The Morgan fingerprint density at radius 3 is 2.40 bits per heavy atom. The lowest BCUT2D eigenvalue weighted by atomic mass is 10.2. The van der Waals surface area contributed by atoms with E-state index < -0.39 is 12.4 Å². The third-order valence-corrected chi connectivity index (χ3v) is 2.70. The number of alkyl halides is 3. The molecule has 1 aliphatic rings. The monoisotopic (exact) mass is 288 g/mol. The zero-order valence-electron chi connectivity index (χ0n) is 10.4. The van der Waals surface area contributed by atoms with Crippen LogP contribution in [0.15, 0.2) is 24.3 Å². The number of ether oxygens (including phenoxy) is 1. The summed E-state index contributed by atoms with van der Waals surface area (Å²) in [5.41, 5.74) is 0.339. The topological polar surface area (TPSA) is 58.6 Å². The highest BCUT2D eigenvalue weighted by Gasteiger charge is 2.32. The zero-order valence-corrected chi connectivity index (χ0v) is 10.4. The van der Waals surface area contributed by atoms with Crippen LogP contribution in [-0.2, 0) is 9.59 Å². The lowest BCUT2D eigenvalue weighted by molar-refractivity contribution is -0.274. The molecule has 108 valence electrons. The Morgan fingerprint density at radius 1 is 1.25 bits per heavy atom. The van der Waals surface area contributed by atoms with Gasteiger partial charge < -0.3 is 15.0 Å². The average molecular weight is 288 g/mol. The molecule has 2 rings (SSSR count). The molecule has 0 aliphatic carbocycles. The van der Waals surface area contributed by atoms with E-state index in [2.05, 4.69) is 10.1 Å². The molecule has 1 saturated heterocycles. The number of benzene rings is 1. The first-order valence-corrected chi connectivity index (χ1v) is 5.73. The summed E-state index contributed by atoms with van der Waals surface area (Å²) in [6, 6.07) is 4.11. The minimum atomic E-state index is -4.77. The first-order valence-electron chi connectivity index (χ1n) is 5.73. The van der Waals surface area contributed by atoms with Gasteiger partial charge in [-0.15, -0.1) is 13.2 Å². The summed E-state index contributed by atoms with van der Waals surface area (Å²) in [7, 11) is 0. The number of carbonyl (C=O) groups is 2. The van der Waals surface area contributed by atoms with E-state index in [1.807, 2.05) is 0 Å². The molecule has 8 heteroatoms. The highest BCUT2D eigenvalue weighted by Crippen LogP contribution is 2.26. The van der Waals surface area contributed by atoms with Crippen LogP contribution in [0, 0.1) is 0 Å². The number of hydrogen-bond donors (Lipinski definition) is 1. The summed E-state index contributed by atoms with van der Waals surface area (Å²) in [4.78, 5) is 24.5. The van der Waals surface area contributed by atoms with Gasteiger partial charge in [0.1, 0.15) is 18.3 Å². The minimum absolute atomic E-state index is 0.164. The highest BCUT2D eigenvalue weighted by atomic mass is 19.4. The SMILES string of the molecule is CC1NC(=O)CN(c2ccc(OC(F)(F)F)cc2)C1=O. The molecule has 5 nitrogen and oxygen atoms in total.